The molecule has 3 atom stereocenters. The number of likely N-dealkylation sites (tertiary alicyclic amines) is 1. The fraction of sp³-hybridized carbons (Fsp3) is 0.333. The Morgan fingerprint density at radius 1 is 1.08 bits per heavy atom. The van der Waals surface area contributed by atoms with Crippen molar-refractivity contribution in [3.8, 4) is 11.1 Å². The monoisotopic (exact) mass is 497 g/mol. The van der Waals surface area contributed by atoms with Gasteiger partial charge in [-0.15, -0.1) is 0 Å². The van der Waals surface area contributed by atoms with Gasteiger partial charge in [-0.25, -0.2) is 0 Å². The summed E-state index contributed by atoms with van der Waals surface area (Å²) >= 11 is 6.00. The van der Waals surface area contributed by atoms with Gasteiger partial charge in [-0.2, -0.15) is 0 Å². The van der Waals surface area contributed by atoms with Crippen LogP contribution in [-0.4, -0.2) is 46.5 Å². The second-order valence-electron chi connectivity index (χ2n) is 10.7. The molecule has 1 amide bonds. The van der Waals surface area contributed by atoms with Crippen molar-refractivity contribution in [2.24, 2.45) is 11.8 Å². The van der Waals surface area contributed by atoms with E-state index in [4.69, 9.17) is 16.3 Å². The van der Waals surface area contributed by atoms with Crippen LogP contribution in [0.15, 0.2) is 66.5 Å². The summed E-state index contributed by atoms with van der Waals surface area (Å²) in [6.45, 7) is 6.27. The molecule has 2 fully saturated rings. The van der Waals surface area contributed by atoms with Gasteiger partial charge in [-0.1, -0.05) is 54.9 Å². The summed E-state index contributed by atoms with van der Waals surface area (Å²) in [6, 6.07) is 18.2. The van der Waals surface area contributed by atoms with Gasteiger partial charge in [0, 0.05) is 47.9 Å². The number of fused-ring (bicyclic) bond motifs is 4. The summed E-state index contributed by atoms with van der Waals surface area (Å²) in [5, 5.41) is 0.700. The number of halogens is 1. The highest BCUT2D eigenvalue weighted by molar-refractivity contribution is 6.30. The minimum Gasteiger partial charge on any atom is -0.377 e. The number of aromatic nitrogens is 1. The molecule has 2 aromatic carbocycles. The van der Waals surface area contributed by atoms with Gasteiger partial charge >= 0.3 is 0 Å². The van der Waals surface area contributed by atoms with Crippen molar-refractivity contribution < 1.29 is 9.53 Å². The van der Waals surface area contributed by atoms with Crippen LogP contribution in [0.4, 0.5) is 0 Å². The third kappa shape index (κ3) is 3.86. The molecule has 0 radical (unpaired) electrons. The molecule has 3 aromatic rings. The van der Waals surface area contributed by atoms with Crippen molar-refractivity contribution in [1.29, 1.82) is 0 Å². The summed E-state index contributed by atoms with van der Waals surface area (Å²) < 4.78 is 5.88. The number of amides is 1. The fourth-order valence-electron chi connectivity index (χ4n) is 6.27. The molecule has 36 heavy (non-hydrogen) atoms. The minimum absolute atomic E-state index is 0.0461. The van der Waals surface area contributed by atoms with E-state index in [9.17, 15) is 4.79 Å². The van der Waals surface area contributed by atoms with Crippen LogP contribution in [0.2, 0.25) is 5.02 Å². The van der Waals surface area contributed by atoms with Gasteiger partial charge in [0.1, 0.15) is 5.69 Å². The Kier molecular flexibility index (Phi) is 5.28. The number of benzene rings is 2. The Morgan fingerprint density at radius 2 is 1.92 bits per heavy atom. The Bertz CT molecular complexity index is 1370. The number of carbonyl (C=O) groups is 1. The highest BCUT2D eigenvalue weighted by Gasteiger charge is 2.46. The third-order valence-electron chi connectivity index (χ3n) is 7.99. The number of hydrogen-bond donors (Lipinski definition) is 0. The molecule has 7 rings (SSSR count). The number of carbonyl (C=O) groups excluding carboxylic acids is 1. The van der Waals surface area contributed by atoms with Gasteiger partial charge in [0.15, 0.2) is 0 Å². The van der Waals surface area contributed by atoms with E-state index in [0.29, 0.717) is 28.7 Å². The van der Waals surface area contributed by atoms with E-state index in [1.807, 2.05) is 41.3 Å². The van der Waals surface area contributed by atoms with Gasteiger partial charge in [-0.05, 0) is 53.6 Å². The zero-order chi connectivity index (χ0) is 24.4. The number of piperidine rings is 1. The summed E-state index contributed by atoms with van der Waals surface area (Å²) in [7, 11) is 0. The number of rotatable bonds is 4. The van der Waals surface area contributed by atoms with Crippen LogP contribution in [0.5, 0.6) is 0 Å². The molecule has 2 bridgehead atoms. The molecule has 4 heterocycles. The first kappa shape index (κ1) is 22.2. The number of allylic oxidation sites excluding steroid dienone is 1. The molecule has 4 aliphatic rings. The van der Waals surface area contributed by atoms with Crippen LogP contribution in [0.25, 0.3) is 16.8 Å². The highest BCUT2D eigenvalue weighted by Crippen LogP contribution is 2.51. The van der Waals surface area contributed by atoms with Crippen LogP contribution in [0, 0.1) is 11.8 Å². The van der Waals surface area contributed by atoms with Crippen LogP contribution in [0.3, 0.4) is 0 Å². The molecule has 0 N–H and O–H groups in total. The maximum atomic E-state index is 13.4. The largest absolute Gasteiger partial charge is 0.377 e. The van der Waals surface area contributed by atoms with Gasteiger partial charge < -0.3 is 4.74 Å². The predicted molar refractivity (Wildman–Crippen MR) is 140 cm³/mol. The maximum absolute atomic E-state index is 13.4. The Morgan fingerprint density at radius 3 is 2.69 bits per heavy atom. The van der Waals surface area contributed by atoms with Crippen molar-refractivity contribution in [2.45, 2.75) is 32.4 Å². The average Bonchev–Trinajstić information content (AvgIpc) is 3.55. The second-order valence-corrected chi connectivity index (χ2v) is 11.1. The normalized spacial score (nSPS) is 24.5. The lowest BCUT2D eigenvalue weighted by Gasteiger charge is -2.30. The Hall–Kier alpha value is -2.99. The van der Waals surface area contributed by atoms with E-state index in [1.165, 1.54) is 23.1 Å². The van der Waals surface area contributed by atoms with Crippen molar-refractivity contribution in [1.82, 2.24) is 14.8 Å². The number of nitrogens with zero attached hydrogens (tertiary/aromatic N) is 3. The van der Waals surface area contributed by atoms with E-state index in [-0.39, 0.29) is 5.91 Å². The average molecular weight is 498 g/mol. The fourth-order valence-corrected chi connectivity index (χ4v) is 6.40. The smallest absolute Gasteiger partial charge is 0.281 e. The molecule has 0 saturated carbocycles. The molecule has 1 aliphatic carbocycles. The molecule has 1 aromatic heterocycles. The Labute approximate surface area is 216 Å². The van der Waals surface area contributed by atoms with Crippen LogP contribution >= 0.6 is 11.6 Å². The number of hydrogen-bond acceptors (Lipinski definition) is 4. The molecule has 5 nitrogen and oxygen atoms in total. The molecule has 3 aliphatic heterocycles. The predicted octanol–water partition coefficient (Wildman–Crippen LogP) is 5.64. The van der Waals surface area contributed by atoms with Crippen molar-refractivity contribution in [3.63, 3.8) is 0 Å². The SMILES string of the molecule is CC1Cc2cc(CN3CC4COC(C4)C3)ccc2C2=C1N2C(=O)c1ccc(-c2ccc(Cl)cc2)cn1. The van der Waals surface area contributed by atoms with E-state index in [1.54, 1.807) is 6.20 Å². The summed E-state index contributed by atoms with van der Waals surface area (Å²) in [5.74, 6) is 0.962. The Balaban J connectivity index is 1.08. The lowest BCUT2D eigenvalue weighted by molar-refractivity contribution is 0.0817. The van der Waals surface area contributed by atoms with E-state index < -0.39 is 0 Å². The van der Waals surface area contributed by atoms with Crippen molar-refractivity contribution in [2.75, 3.05) is 19.7 Å². The van der Waals surface area contributed by atoms with E-state index in [2.05, 4.69) is 35.0 Å². The molecule has 6 heteroatoms. The topological polar surface area (TPSA) is 45.4 Å². The standard InChI is InChI=1S/C30H28ClN3O2/c1-18-10-23-11-19(14-33-15-20-12-25(16-33)36-17-20)2-8-26(23)29-28(18)34(29)30(35)27-9-5-22(13-32-27)21-3-6-24(31)7-4-21/h2-9,11,13,18,20,25H,10,12,14-17H2,1H3. The van der Waals surface area contributed by atoms with Crippen LogP contribution < -0.4 is 0 Å². The first-order valence-electron chi connectivity index (χ1n) is 12.8. The summed E-state index contributed by atoms with van der Waals surface area (Å²) in [4.78, 5) is 22.3. The minimum atomic E-state index is -0.0461. The molecule has 182 valence electrons. The van der Waals surface area contributed by atoms with Crippen LogP contribution in [0.1, 0.15) is 40.5 Å². The molecule has 2 saturated heterocycles. The van der Waals surface area contributed by atoms with Crippen molar-refractivity contribution >= 4 is 23.2 Å². The van der Waals surface area contributed by atoms with Crippen LogP contribution in [-0.2, 0) is 17.7 Å². The van der Waals surface area contributed by atoms with E-state index in [0.717, 1.165) is 55.2 Å². The van der Waals surface area contributed by atoms with Gasteiger partial charge in [-0.3, -0.25) is 19.6 Å². The second kappa shape index (κ2) is 8.55. The van der Waals surface area contributed by atoms with Gasteiger partial charge in [0.2, 0.25) is 0 Å². The highest BCUT2D eigenvalue weighted by atomic mass is 35.5. The number of pyridine rings is 1. The molecular formula is C30H28ClN3O2. The first-order chi connectivity index (χ1) is 17.5. The van der Waals surface area contributed by atoms with Gasteiger partial charge in [0.05, 0.1) is 24.1 Å². The van der Waals surface area contributed by atoms with Crippen molar-refractivity contribution in [3.05, 3.63) is 93.9 Å². The lowest BCUT2D eigenvalue weighted by atomic mass is 9.89. The molecule has 0 spiro atoms. The third-order valence-corrected chi connectivity index (χ3v) is 8.24. The maximum Gasteiger partial charge on any atom is 0.281 e. The zero-order valence-electron chi connectivity index (χ0n) is 20.3. The summed E-state index contributed by atoms with van der Waals surface area (Å²) in [6.07, 6.45) is 4.36. The van der Waals surface area contributed by atoms with Gasteiger partial charge in [0.25, 0.3) is 5.91 Å². The molecular weight excluding hydrogens is 470 g/mol. The zero-order valence-corrected chi connectivity index (χ0v) is 21.0. The number of ether oxygens (including phenoxy) is 1. The van der Waals surface area contributed by atoms with E-state index >= 15 is 0 Å². The summed E-state index contributed by atoms with van der Waals surface area (Å²) in [5.41, 5.74) is 8.57. The molecule has 3 unspecified atom stereocenters. The quantitative estimate of drug-likeness (QED) is 0.468. The first-order valence-corrected chi connectivity index (χ1v) is 13.2. The lowest BCUT2D eigenvalue weighted by Crippen LogP contribution is -2.38.